The Morgan fingerprint density at radius 3 is 2.43 bits per heavy atom. The molecule has 15 nitrogen and oxygen atoms in total. The number of hydrogen-bond donors (Lipinski definition) is 3. The minimum absolute atomic E-state index is 0.0253. The van der Waals surface area contributed by atoms with E-state index in [1.165, 1.54) is 4.90 Å². The highest BCUT2D eigenvalue weighted by Crippen LogP contribution is 2.43. The van der Waals surface area contributed by atoms with Gasteiger partial charge in [-0.3, -0.25) is 14.6 Å². The second-order valence-corrected chi connectivity index (χ2v) is 10.4. The van der Waals surface area contributed by atoms with Gasteiger partial charge >= 0.3 is 12.1 Å². The lowest BCUT2D eigenvalue weighted by Gasteiger charge is -2.39. The molecule has 4 N–H and O–H groups in total. The van der Waals surface area contributed by atoms with Crippen molar-refractivity contribution in [2.45, 2.75) is 51.0 Å². The van der Waals surface area contributed by atoms with Gasteiger partial charge < -0.3 is 30.1 Å². The van der Waals surface area contributed by atoms with Crippen LogP contribution in [0.1, 0.15) is 59.5 Å². The molecule has 2 aromatic heterocycles. The van der Waals surface area contributed by atoms with Gasteiger partial charge in [-0.15, -0.1) is 10.2 Å². The van der Waals surface area contributed by atoms with Crippen LogP contribution in [0.15, 0.2) is 18.2 Å². The van der Waals surface area contributed by atoms with Crippen LogP contribution in [0.25, 0.3) is 10.9 Å². The van der Waals surface area contributed by atoms with Crippen molar-refractivity contribution in [3.8, 4) is 5.75 Å². The van der Waals surface area contributed by atoms with Crippen LogP contribution in [0.5, 0.6) is 5.75 Å². The Morgan fingerprint density at radius 2 is 1.86 bits per heavy atom. The lowest BCUT2D eigenvalue weighted by molar-refractivity contribution is -0.163. The van der Waals surface area contributed by atoms with E-state index in [4.69, 9.17) is 20.2 Å². The number of H-pyrrole nitrogens is 1. The summed E-state index contributed by atoms with van der Waals surface area (Å²) < 4.78 is 11.3. The van der Waals surface area contributed by atoms with Gasteiger partial charge in [0, 0.05) is 38.0 Å². The number of hydrogen-bond acceptors (Lipinski definition) is 10. The van der Waals surface area contributed by atoms with Crippen LogP contribution in [0.2, 0.25) is 0 Å². The van der Waals surface area contributed by atoms with Crippen molar-refractivity contribution < 1.29 is 33.8 Å². The van der Waals surface area contributed by atoms with Crippen molar-refractivity contribution in [1.29, 1.82) is 0 Å². The molecule has 222 valence electrons. The summed E-state index contributed by atoms with van der Waals surface area (Å²) in [6, 6.07) is 5.25. The number of aliphatic carboxylic acids is 1. The fourth-order valence-electron chi connectivity index (χ4n) is 5.31. The molecule has 1 aliphatic carbocycles. The summed E-state index contributed by atoms with van der Waals surface area (Å²) in [5, 5.41) is 24.4. The number of primary amides is 1. The molecular formula is C27H32N8O7. The maximum Gasteiger partial charge on any atom is 0.409 e. The molecule has 0 radical (unpaired) electrons. The van der Waals surface area contributed by atoms with E-state index in [0.29, 0.717) is 17.3 Å². The van der Waals surface area contributed by atoms with Gasteiger partial charge in [0.15, 0.2) is 5.82 Å². The number of nitrogens with one attached hydrogen (secondary N) is 1. The molecular weight excluding hydrogens is 548 g/mol. The van der Waals surface area contributed by atoms with Crippen LogP contribution < -0.4 is 10.5 Å². The molecule has 2 aliphatic rings. The number of fused-ring (bicyclic) bond motifs is 1. The number of pyridine rings is 1. The average Bonchev–Trinajstić information content (AvgIpc) is 3.46. The SMILES string of the molecule is CCOC(=O)N1CCN(C(=O)C(Cc2nn[nH]n2)c2nc3cc(C)ccc3c(OC3(C(=O)O)CCC3)c2C(N)=O)CC1. The molecule has 0 bridgehead atoms. The predicted molar refractivity (Wildman–Crippen MR) is 146 cm³/mol. The van der Waals surface area contributed by atoms with Crippen molar-refractivity contribution in [3.63, 3.8) is 0 Å². The topological polar surface area (TPSA) is 207 Å². The van der Waals surface area contributed by atoms with Crippen molar-refractivity contribution >= 4 is 34.8 Å². The summed E-state index contributed by atoms with van der Waals surface area (Å²) >= 11 is 0. The maximum absolute atomic E-state index is 14.2. The van der Waals surface area contributed by atoms with E-state index >= 15 is 0 Å². The fraction of sp³-hybridized carbons (Fsp3) is 0.481. The lowest BCUT2D eigenvalue weighted by Crippen LogP contribution is -2.52. The summed E-state index contributed by atoms with van der Waals surface area (Å²) in [4.78, 5) is 59.6. The zero-order chi connectivity index (χ0) is 30.0. The molecule has 2 fully saturated rings. The van der Waals surface area contributed by atoms with Gasteiger partial charge in [0.2, 0.25) is 11.5 Å². The number of aryl methyl sites for hydroxylation is 1. The van der Waals surface area contributed by atoms with Gasteiger partial charge in [0.25, 0.3) is 5.91 Å². The quantitative estimate of drug-likeness (QED) is 0.327. The van der Waals surface area contributed by atoms with E-state index in [9.17, 15) is 24.3 Å². The van der Waals surface area contributed by atoms with E-state index in [0.717, 1.165) is 5.56 Å². The molecule has 1 atom stereocenters. The first-order chi connectivity index (χ1) is 20.1. The molecule has 42 heavy (non-hydrogen) atoms. The van der Waals surface area contributed by atoms with Crippen LogP contribution in [-0.4, -0.2) is 103 Å². The van der Waals surface area contributed by atoms with E-state index < -0.39 is 35.4 Å². The van der Waals surface area contributed by atoms with Crippen LogP contribution >= 0.6 is 0 Å². The van der Waals surface area contributed by atoms with Gasteiger partial charge in [-0.05, 0) is 50.8 Å². The normalized spacial score (nSPS) is 16.9. The first-order valence-electron chi connectivity index (χ1n) is 13.7. The number of tetrazole rings is 1. The van der Waals surface area contributed by atoms with E-state index in [1.54, 1.807) is 30.0 Å². The lowest BCUT2D eigenvalue weighted by atomic mass is 9.80. The Labute approximate surface area is 240 Å². The highest BCUT2D eigenvalue weighted by Gasteiger charge is 2.48. The summed E-state index contributed by atoms with van der Waals surface area (Å²) in [5.74, 6) is -3.40. The zero-order valence-corrected chi connectivity index (χ0v) is 23.3. The number of nitrogens with zero attached hydrogens (tertiary/aromatic N) is 6. The third kappa shape index (κ3) is 5.41. The predicted octanol–water partition coefficient (Wildman–Crippen LogP) is 1.17. The summed E-state index contributed by atoms with van der Waals surface area (Å²) in [6.07, 6.45) is 0.606. The molecule has 1 saturated carbocycles. The number of carboxylic acid groups (broad SMARTS) is 1. The number of aromatic amines is 1. The number of amides is 3. The first kappa shape index (κ1) is 28.7. The molecule has 1 unspecified atom stereocenters. The van der Waals surface area contributed by atoms with E-state index in [1.807, 2.05) is 6.92 Å². The molecule has 1 aromatic carbocycles. The zero-order valence-electron chi connectivity index (χ0n) is 23.3. The number of ether oxygens (including phenoxy) is 2. The Morgan fingerprint density at radius 1 is 1.14 bits per heavy atom. The monoisotopic (exact) mass is 580 g/mol. The average molecular weight is 581 g/mol. The summed E-state index contributed by atoms with van der Waals surface area (Å²) in [5.41, 5.74) is 5.50. The van der Waals surface area contributed by atoms with Gasteiger partial charge in [0.05, 0.1) is 23.7 Å². The minimum atomic E-state index is -1.53. The highest BCUT2D eigenvalue weighted by molar-refractivity contribution is 6.05. The number of carbonyl (C=O) groups excluding carboxylic acids is 3. The Bertz CT molecular complexity index is 1510. The van der Waals surface area contributed by atoms with Crippen LogP contribution in [0.4, 0.5) is 4.79 Å². The second-order valence-electron chi connectivity index (χ2n) is 10.4. The number of nitrogens with two attached hydrogens (primary N) is 1. The van der Waals surface area contributed by atoms with Crippen LogP contribution in [0, 0.1) is 6.92 Å². The van der Waals surface area contributed by atoms with Gasteiger partial charge in [-0.1, -0.05) is 11.3 Å². The molecule has 0 spiro atoms. The van der Waals surface area contributed by atoms with Crippen LogP contribution in [0.3, 0.4) is 0 Å². The third-order valence-corrected chi connectivity index (χ3v) is 7.74. The minimum Gasteiger partial charge on any atom is -0.478 e. The number of benzene rings is 1. The second kappa shape index (κ2) is 11.6. The van der Waals surface area contributed by atoms with E-state index in [2.05, 4.69) is 20.6 Å². The maximum atomic E-state index is 14.2. The van der Waals surface area contributed by atoms with Crippen molar-refractivity contribution in [2.75, 3.05) is 32.8 Å². The number of piperazine rings is 1. The third-order valence-electron chi connectivity index (χ3n) is 7.74. The Balaban J connectivity index is 1.61. The van der Waals surface area contributed by atoms with Crippen LogP contribution in [-0.2, 0) is 20.7 Å². The van der Waals surface area contributed by atoms with Gasteiger partial charge in [-0.25, -0.2) is 9.59 Å². The molecule has 1 saturated heterocycles. The smallest absolute Gasteiger partial charge is 0.409 e. The molecule has 1 aliphatic heterocycles. The summed E-state index contributed by atoms with van der Waals surface area (Å²) in [6.45, 7) is 4.75. The molecule has 5 rings (SSSR count). The van der Waals surface area contributed by atoms with Crippen molar-refractivity contribution in [2.24, 2.45) is 5.73 Å². The Hall–Kier alpha value is -4.82. The molecule has 15 heteroatoms. The largest absolute Gasteiger partial charge is 0.478 e. The highest BCUT2D eigenvalue weighted by atomic mass is 16.6. The molecule has 3 amide bonds. The Kier molecular flexibility index (Phi) is 7.91. The number of carboxylic acids is 1. The van der Waals surface area contributed by atoms with E-state index in [-0.39, 0.29) is 74.9 Å². The van der Waals surface area contributed by atoms with Crippen molar-refractivity contribution in [3.05, 3.63) is 40.8 Å². The first-order valence-corrected chi connectivity index (χ1v) is 13.7. The van der Waals surface area contributed by atoms with Gasteiger partial charge in [-0.2, -0.15) is 5.21 Å². The number of carbonyl (C=O) groups is 4. The molecule has 3 aromatic rings. The number of aromatic nitrogens is 5. The molecule has 3 heterocycles. The summed E-state index contributed by atoms with van der Waals surface area (Å²) in [7, 11) is 0. The standard InChI is InChI=1S/C27H32N8O7/c1-3-41-26(40)35-11-9-34(10-12-35)24(37)17(14-19-30-32-33-31-19)21-20(23(28)36)22(42-27(25(38)39)7-4-8-27)16-6-5-15(2)13-18(16)29-21/h5-6,13,17H,3-4,7-12,14H2,1-2H3,(H2,28,36)(H,38,39)(H,30,31,32,33). The van der Waals surface area contributed by atoms with Crippen molar-refractivity contribution in [1.82, 2.24) is 35.4 Å². The number of rotatable bonds is 9. The fourth-order valence-corrected chi connectivity index (χ4v) is 5.31. The van der Waals surface area contributed by atoms with Gasteiger partial charge in [0.1, 0.15) is 11.3 Å².